The third-order valence-electron chi connectivity index (χ3n) is 0.647. The molecule has 0 fully saturated rings. The second-order valence-electron chi connectivity index (χ2n) is 1.72. The molecule has 0 aromatic rings. The molecular weight excluding hydrogens is 184 g/mol. The van der Waals surface area contributed by atoms with E-state index in [1.807, 2.05) is 6.92 Å². The first-order chi connectivity index (χ1) is 6.68. The summed E-state index contributed by atoms with van der Waals surface area (Å²) in [5.41, 5.74) is 0. The van der Waals surface area contributed by atoms with Crippen LogP contribution in [0.3, 0.4) is 0 Å². The Hall–Kier alpha value is -0.680. The van der Waals surface area contributed by atoms with Gasteiger partial charge in [-0.2, -0.15) is 0 Å². The van der Waals surface area contributed by atoms with Gasteiger partial charge in [0.05, 0.1) is 13.2 Å². The highest BCUT2D eigenvalue weighted by Crippen LogP contribution is 1.88. The standard InChI is InChI=1S/C4H10O2.C2H6O2.2C2H4/c1-2-3-4(5)6;3-1-2-4;2*1-2/h4-6H,2-3H2,1H3;3-4H,1-2H2;2*1-2H2. The summed E-state index contributed by atoms with van der Waals surface area (Å²) in [6.45, 7) is 13.7. The smallest absolute Gasteiger partial charge is 0.151 e. The van der Waals surface area contributed by atoms with Crippen molar-refractivity contribution in [1.82, 2.24) is 0 Å². The Balaban J connectivity index is -0.0000000546. The Morgan fingerprint density at radius 3 is 1.21 bits per heavy atom. The molecule has 0 bridgehead atoms. The van der Waals surface area contributed by atoms with E-state index in [-0.39, 0.29) is 13.2 Å². The van der Waals surface area contributed by atoms with Crippen LogP contribution in [0, 0.1) is 0 Å². The first-order valence-electron chi connectivity index (χ1n) is 4.26. The van der Waals surface area contributed by atoms with Crippen LogP contribution in [0.5, 0.6) is 0 Å². The van der Waals surface area contributed by atoms with Gasteiger partial charge in [0, 0.05) is 0 Å². The Morgan fingerprint density at radius 1 is 0.929 bits per heavy atom. The molecule has 0 saturated carbocycles. The van der Waals surface area contributed by atoms with Gasteiger partial charge in [0.15, 0.2) is 6.29 Å². The molecule has 0 saturated heterocycles. The fourth-order valence-electron chi connectivity index (χ4n) is 0.258. The van der Waals surface area contributed by atoms with Crippen LogP contribution in [-0.4, -0.2) is 39.9 Å². The van der Waals surface area contributed by atoms with Crippen LogP contribution in [0.4, 0.5) is 0 Å². The summed E-state index contributed by atoms with van der Waals surface area (Å²) in [6.07, 6.45) is 0.215. The molecule has 0 spiro atoms. The molecular formula is C10H24O4. The zero-order valence-electron chi connectivity index (χ0n) is 9.02. The highest BCUT2D eigenvalue weighted by molar-refractivity contribution is 4.31. The lowest BCUT2D eigenvalue weighted by Crippen LogP contribution is -2.01. The maximum absolute atomic E-state index is 8.11. The summed E-state index contributed by atoms with van der Waals surface area (Å²) in [4.78, 5) is 0. The molecule has 0 unspecified atom stereocenters. The minimum Gasteiger partial charge on any atom is -0.394 e. The summed E-state index contributed by atoms with van der Waals surface area (Å²) < 4.78 is 0. The van der Waals surface area contributed by atoms with Crippen LogP contribution in [-0.2, 0) is 0 Å². The fourth-order valence-corrected chi connectivity index (χ4v) is 0.258. The molecule has 0 aliphatic carbocycles. The normalized spacial score (nSPS) is 7.00. The van der Waals surface area contributed by atoms with Crippen molar-refractivity contribution >= 4 is 0 Å². The van der Waals surface area contributed by atoms with Crippen molar-refractivity contribution in [2.75, 3.05) is 13.2 Å². The predicted octanol–water partition coefficient (Wildman–Crippen LogP) is 0.673. The highest BCUT2D eigenvalue weighted by atomic mass is 16.5. The molecule has 0 heterocycles. The molecule has 0 amide bonds. The third-order valence-corrected chi connectivity index (χ3v) is 0.647. The van der Waals surface area contributed by atoms with Gasteiger partial charge in [0.1, 0.15) is 0 Å². The molecule has 0 aromatic carbocycles. The number of hydrogen-bond donors (Lipinski definition) is 4. The monoisotopic (exact) mass is 208 g/mol. The first kappa shape index (κ1) is 23.3. The molecule has 14 heavy (non-hydrogen) atoms. The Kier molecular flexibility index (Phi) is 65.7. The lowest BCUT2D eigenvalue weighted by atomic mass is 10.3. The quantitative estimate of drug-likeness (QED) is 0.406. The number of aliphatic hydroxyl groups is 4. The summed E-state index contributed by atoms with van der Waals surface area (Å²) in [6, 6.07) is 0. The SMILES string of the molecule is C=C.C=C.CCCC(O)O.OCCO. The van der Waals surface area contributed by atoms with Crippen LogP contribution in [0.25, 0.3) is 0 Å². The maximum Gasteiger partial charge on any atom is 0.151 e. The summed E-state index contributed by atoms with van der Waals surface area (Å²) in [5.74, 6) is 0. The largest absolute Gasteiger partial charge is 0.394 e. The Morgan fingerprint density at radius 2 is 1.21 bits per heavy atom. The van der Waals surface area contributed by atoms with Crippen LogP contribution >= 0.6 is 0 Å². The van der Waals surface area contributed by atoms with E-state index in [2.05, 4.69) is 26.3 Å². The molecule has 0 rings (SSSR count). The maximum atomic E-state index is 8.11. The lowest BCUT2D eigenvalue weighted by Gasteiger charge is -1.94. The van der Waals surface area contributed by atoms with Crippen molar-refractivity contribution in [2.45, 2.75) is 26.1 Å². The van der Waals surface area contributed by atoms with E-state index in [0.29, 0.717) is 6.42 Å². The molecule has 0 aromatic heterocycles. The fraction of sp³-hybridized carbons (Fsp3) is 0.600. The van der Waals surface area contributed by atoms with Crippen LogP contribution in [0.1, 0.15) is 19.8 Å². The van der Waals surface area contributed by atoms with Gasteiger partial charge in [-0.15, -0.1) is 26.3 Å². The van der Waals surface area contributed by atoms with Gasteiger partial charge in [-0.1, -0.05) is 13.3 Å². The van der Waals surface area contributed by atoms with Gasteiger partial charge < -0.3 is 20.4 Å². The van der Waals surface area contributed by atoms with Crippen molar-refractivity contribution in [2.24, 2.45) is 0 Å². The summed E-state index contributed by atoms with van der Waals surface area (Å²) >= 11 is 0. The van der Waals surface area contributed by atoms with Gasteiger partial charge in [-0.3, -0.25) is 0 Å². The van der Waals surface area contributed by atoms with E-state index in [9.17, 15) is 0 Å². The van der Waals surface area contributed by atoms with E-state index < -0.39 is 6.29 Å². The first-order valence-corrected chi connectivity index (χ1v) is 4.26. The predicted molar refractivity (Wildman–Crippen MR) is 59.8 cm³/mol. The van der Waals surface area contributed by atoms with Crippen LogP contribution < -0.4 is 0 Å². The van der Waals surface area contributed by atoms with Crippen molar-refractivity contribution in [3.05, 3.63) is 26.3 Å². The van der Waals surface area contributed by atoms with Crippen LogP contribution in [0.15, 0.2) is 26.3 Å². The van der Waals surface area contributed by atoms with Gasteiger partial charge in [0.25, 0.3) is 0 Å². The van der Waals surface area contributed by atoms with E-state index >= 15 is 0 Å². The Bertz CT molecular complexity index is 63.1. The zero-order chi connectivity index (χ0) is 12.4. The molecule has 88 valence electrons. The van der Waals surface area contributed by atoms with Crippen molar-refractivity contribution in [1.29, 1.82) is 0 Å². The number of rotatable bonds is 3. The van der Waals surface area contributed by atoms with E-state index in [0.717, 1.165) is 6.42 Å². The number of hydrogen-bond acceptors (Lipinski definition) is 4. The summed E-state index contributed by atoms with van der Waals surface area (Å²) in [5, 5.41) is 31.5. The van der Waals surface area contributed by atoms with Gasteiger partial charge in [-0.25, -0.2) is 0 Å². The summed E-state index contributed by atoms with van der Waals surface area (Å²) in [7, 11) is 0. The second-order valence-corrected chi connectivity index (χ2v) is 1.72. The lowest BCUT2D eigenvalue weighted by molar-refractivity contribution is -0.0453. The van der Waals surface area contributed by atoms with Gasteiger partial charge in [0.2, 0.25) is 0 Å². The van der Waals surface area contributed by atoms with Crippen molar-refractivity contribution < 1.29 is 20.4 Å². The Labute approximate surface area is 86.8 Å². The molecule has 0 aliphatic rings. The molecule has 0 radical (unpaired) electrons. The second kappa shape index (κ2) is 39.5. The molecule has 4 nitrogen and oxygen atoms in total. The highest BCUT2D eigenvalue weighted by Gasteiger charge is 1.89. The third kappa shape index (κ3) is 109. The van der Waals surface area contributed by atoms with Crippen molar-refractivity contribution in [3.8, 4) is 0 Å². The molecule has 4 N–H and O–H groups in total. The van der Waals surface area contributed by atoms with Crippen LogP contribution in [0.2, 0.25) is 0 Å². The molecule has 0 atom stereocenters. The average Bonchev–Trinajstić information content (AvgIpc) is 2.24. The van der Waals surface area contributed by atoms with Gasteiger partial charge >= 0.3 is 0 Å². The van der Waals surface area contributed by atoms with E-state index in [1.165, 1.54) is 0 Å². The zero-order valence-corrected chi connectivity index (χ0v) is 9.02. The minimum absolute atomic E-state index is 0.125. The number of aliphatic hydroxyl groups excluding tert-OH is 3. The topological polar surface area (TPSA) is 80.9 Å². The van der Waals surface area contributed by atoms with E-state index in [1.54, 1.807) is 0 Å². The minimum atomic E-state index is -1.10. The molecule has 4 heteroatoms. The van der Waals surface area contributed by atoms with E-state index in [4.69, 9.17) is 20.4 Å². The van der Waals surface area contributed by atoms with Crippen molar-refractivity contribution in [3.63, 3.8) is 0 Å². The van der Waals surface area contributed by atoms with Gasteiger partial charge in [-0.05, 0) is 6.42 Å². The molecule has 0 aliphatic heterocycles. The average molecular weight is 208 g/mol.